The van der Waals surface area contributed by atoms with Gasteiger partial charge in [0.25, 0.3) is 0 Å². The van der Waals surface area contributed by atoms with Crippen LogP contribution in [0.15, 0.2) is 0 Å². The van der Waals surface area contributed by atoms with E-state index in [2.05, 4.69) is 34.6 Å². The molecule has 0 unspecified atom stereocenters. The quantitative estimate of drug-likeness (QED) is 0.146. The zero-order valence-corrected chi connectivity index (χ0v) is 38.2. The van der Waals surface area contributed by atoms with Crippen molar-refractivity contribution >= 4 is 0 Å². The van der Waals surface area contributed by atoms with Gasteiger partial charge in [-0.1, -0.05) is 27.7 Å². The molecule has 0 aromatic heterocycles. The van der Waals surface area contributed by atoms with Crippen LogP contribution in [-0.2, 0) is 33.2 Å². The van der Waals surface area contributed by atoms with Crippen LogP contribution in [0.3, 0.4) is 0 Å². The molecule has 0 aromatic carbocycles. The average Bonchev–Trinajstić information content (AvgIpc) is 3.57. The highest BCUT2D eigenvalue weighted by molar-refractivity contribution is 5.33. The Labute approximate surface area is 370 Å². The minimum absolute atomic E-state index is 0.0959. The summed E-state index contributed by atoms with van der Waals surface area (Å²) in [5.74, 6) is -0.264. The van der Waals surface area contributed by atoms with E-state index >= 15 is 0 Å². The van der Waals surface area contributed by atoms with Gasteiger partial charge in [0.05, 0.1) is 54.9 Å². The number of ether oxygens (including phenoxy) is 7. The van der Waals surface area contributed by atoms with Crippen LogP contribution in [0.4, 0.5) is 0 Å². The van der Waals surface area contributed by atoms with E-state index in [1.54, 1.807) is 13.8 Å². The third-order valence-electron chi connectivity index (χ3n) is 19.3. The second kappa shape index (κ2) is 15.7. The Kier molecular flexibility index (Phi) is 11.8. The molecule has 0 radical (unpaired) electrons. The second-order valence-corrected chi connectivity index (χ2v) is 23.4. The number of hydrogen-bond donors (Lipinski definition) is 10. The second-order valence-electron chi connectivity index (χ2n) is 23.4. The van der Waals surface area contributed by atoms with Crippen LogP contribution in [0.5, 0.6) is 0 Å². The molecular formula is C46H76O17. The monoisotopic (exact) mass is 901 g/mol. The molecule has 0 amide bonds. The van der Waals surface area contributed by atoms with Gasteiger partial charge in [-0.05, 0) is 124 Å². The third kappa shape index (κ3) is 6.94. The van der Waals surface area contributed by atoms with Crippen molar-refractivity contribution in [3.05, 3.63) is 0 Å². The highest BCUT2D eigenvalue weighted by Crippen LogP contribution is 2.89. The smallest absolute Gasteiger partial charge is 0.187 e. The van der Waals surface area contributed by atoms with Crippen molar-refractivity contribution in [2.24, 2.45) is 44.8 Å². The highest BCUT2D eigenvalue weighted by atomic mass is 16.8. The van der Waals surface area contributed by atoms with Gasteiger partial charge in [0.15, 0.2) is 18.9 Å². The zero-order chi connectivity index (χ0) is 45.8. The minimum Gasteiger partial charge on any atom is -0.393 e. The molecule has 9 aliphatic rings. The molecule has 9 rings (SSSR count). The molecule has 4 saturated heterocycles. The Hall–Kier alpha value is -0.680. The summed E-state index contributed by atoms with van der Waals surface area (Å²) in [7, 11) is 0. The molecule has 362 valence electrons. The summed E-state index contributed by atoms with van der Waals surface area (Å²) in [5, 5.41) is 109. The van der Waals surface area contributed by atoms with Crippen LogP contribution in [0.2, 0.25) is 0 Å². The molecular weight excluding hydrogens is 824 g/mol. The average molecular weight is 901 g/mol. The molecule has 5 saturated carbocycles. The van der Waals surface area contributed by atoms with Crippen molar-refractivity contribution in [1.29, 1.82) is 0 Å². The fraction of sp³-hybridized carbons (Fsp3) is 1.00. The summed E-state index contributed by atoms with van der Waals surface area (Å²) in [4.78, 5) is 0. The van der Waals surface area contributed by atoms with Gasteiger partial charge < -0.3 is 84.2 Å². The zero-order valence-electron chi connectivity index (χ0n) is 38.2. The van der Waals surface area contributed by atoms with Crippen LogP contribution in [-0.4, -0.2) is 180 Å². The topological polar surface area (TPSA) is 267 Å². The van der Waals surface area contributed by atoms with Gasteiger partial charge >= 0.3 is 0 Å². The Balaban J connectivity index is 1.03. The number of aliphatic hydroxyl groups is 10. The lowest BCUT2D eigenvalue weighted by Crippen LogP contribution is -2.65. The molecule has 17 nitrogen and oxygen atoms in total. The van der Waals surface area contributed by atoms with Crippen molar-refractivity contribution in [3.63, 3.8) is 0 Å². The van der Waals surface area contributed by atoms with Crippen molar-refractivity contribution in [2.75, 3.05) is 13.2 Å². The van der Waals surface area contributed by atoms with Gasteiger partial charge in [0.2, 0.25) is 0 Å². The van der Waals surface area contributed by atoms with Crippen molar-refractivity contribution in [1.82, 2.24) is 0 Å². The van der Waals surface area contributed by atoms with E-state index in [1.165, 1.54) is 6.92 Å². The summed E-state index contributed by atoms with van der Waals surface area (Å²) >= 11 is 0. The fourth-order valence-corrected chi connectivity index (χ4v) is 16.0. The molecule has 4 aliphatic heterocycles. The van der Waals surface area contributed by atoms with Gasteiger partial charge in [0, 0.05) is 5.92 Å². The van der Waals surface area contributed by atoms with Gasteiger partial charge in [-0.15, -0.1) is 0 Å². The molecule has 63 heavy (non-hydrogen) atoms. The first-order valence-corrected chi connectivity index (χ1v) is 23.6. The van der Waals surface area contributed by atoms with Gasteiger partial charge in [-0.3, -0.25) is 0 Å². The fourth-order valence-electron chi connectivity index (χ4n) is 16.0. The predicted octanol–water partition coefficient (Wildman–Crippen LogP) is 0.215. The van der Waals surface area contributed by atoms with Crippen molar-refractivity contribution < 1.29 is 84.2 Å². The summed E-state index contributed by atoms with van der Waals surface area (Å²) in [6.45, 7) is 15.6. The maximum absolute atomic E-state index is 12.3. The van der Waals surface area contributed by atoms with E-state index in [0.717, 1.165) is 32.1 Å². The number of aliphatic hydroxyl groups excluding tert-OH is 9. The molecule has 17 heteroatoms. The Bertz CT molecular complexity index is 1700. The summed E-state index contributed by atoms with van der Waals surface area (Å²) in [5.41, 5.74) is -3.35. The first-order valence-electron chi connectivity index (χ1n) is 23.6. The summed E-state index contributed by atoms with van der Waals surface area (Å²) in [6, 6.07) is 0. The maximum atomic E-state index is 12.3. The SMILES string of the molecule is C[C@@H]1O[C@H](O[C@@H]2[C@H](O[C@@H]3CC[C@]45C[C@]46CC[C@]4(C)[C@H]([C@]7(C)CC[C@@H](C(C)(C)O)O7)[C@H](O)C[C@@]4(C)[C@@H]6C[C@H](O[C@@H]4OC[C@H](O)[C@H](O)[C@@H]4O)[C@@H]5C3(C)C)OC[C@H](O)[C@@H]2O)[C@H](O)[C@H](O)[C@H]1O. The number of hydrogen-bond acceptors (Lipinski definition) is 17. The lowest BCUT2D eigenvalue weighted by atomic mass is 9.41. The maximum Gasteiger partial charge on any atom is 0.187 e. The van der Waals surface area contributed by atoms with Crippen LogP contribution in [0, 0.1) is 44.8 Å². The molecule has 0 bridgehead atoms. The van der Waals surface area contributed by atoms with E-state index in [0.29, 0.717) is 25.7 Å². The van der Waals surface area contributed by atoms with Crippen LogP contribution < -0.4 is 0 Å². The van der Waals surface area contributed by atoms with Gasteiger partial charge in [0.1, 0.15) is 54.9 Å². The normalized spacial score (nSPS) is 59.0. The third-order valence-corrected chi connectivity index (χ3v) is 19.3. The van der Waals surface area contributed by atoms with E-state index < -0.39 is 115 Å². The molecule has 9 fully saturated rings. The Morgan fingerprint density at radius 3 is 1.92 bits per heavy atom. The number of rotatable bonds is 8. The largest absolute Gasteiger partial charge is 0.393 e. The van der Waals surface area contributed by atoms with Crippen molar-refractivity contribution in [2.45, 2.75) is 229 Å². The molecule has 5 aliphatic carbocycles. The Morgan fingerprint density at radius 2 is 1.25 bits per heavy atom. The predicted molar refractivity (Wildman–Crippen MR) is 219 cm³/mol. The minimum atomic E-state index is -1.67. The lowest BCUT2D eigenvalue weighted by molar-refractivity contribution is -0.366. The lowest BCUT2D eigenvalue weighted by Gasteiger charge is -2.65. The first-order chi connectivity index (χ1) is 29.3. The summed E-state index contributed by atoms with van der Waals surface area (Å²) in [6.07, 6.45) is -13.3. The van der Waals surface area contributed by atoms with E-state index in [-0.39, 0.29) is 58.7 Å². The molecule has 4 heterocycles. The Morgan fingerprint density at radius 1 is 0.603 bits per heavy atom. The standard InChI is InChI=1S/C46H76O17/c1-20-28(50)31(53)33(55)38(59-20)62-34-30(52)23(49)18-58-39(34)61-26-10-12-46-19-45(46)14-13-42(6)35(44(8)11-9-27(63-44)41(4,5)56)21(47)16-43(42,7)25(45)15-24(36(46)40(26,2)3)60-37-32(54)29(51)22(48)17-57-37/h20-39,47-56H,9-19H2,1-8H3/t20-,21+,22-,23-,24-,25-,26+,27-,28-,29-,30-,31+,32-,33+,34-,35+,36+,37-,38+,39-,42+,43-,44-,45-,46+/m0/s1. The van der Waals surface area contributed by atoms with Crippen LogP contribution in [0.1, 0.15) is 113 Å². The molecule has 25 atom stereocenters. The van der Waals surface area contributed by atoms with Crippen LogP contribution in [0.25, 0.3) is 0 Å². The first kappa shape index (κ1) is 47.4. The summed E-state index contributed by atoms with van der Waals surface area (Å²) < 4.78 is 44.4. The molecule has 10 N–H and O–H groups in total. The van der Waals surface area contributed by atoms with Gasteiger partial charge in [-0.2, -0.15) is 0 Å². The van der Waals surface area contributed by atoms with E-state index in [9.17, 15) is 51.1 Å². The molecule has 2 spiro atoms. The number of fused-ring (bicyclic) bond motifs is 2. The van der Waals surface area contributed by atoms with Crippen LogP contribution >= 0.6 is 0 Å². The van der Waals surface area contributed by atoms with Gasteiger partial charge in [-0.25, -0.2) is 0 Å². The molecule has 0 aromatic rings. The van der Waals surface area contributed by atoms with E-state index in [4.69, 9.17) is 33.2 Å². The van der Waals surface area contributed by atoms with Crippen molar-refractivity contribution in [3.8, 4) is 0 Å². The highest BCUT2D eigenvalue weighted by Gasteiger charge is 2.85. The van der Waals surface area contributed by atoms with E-state index in [1.807, 2.05) is 0 Å².